The first-order valence-electron chi connectivity index (χ1n) is 11.0. The number of nitrogens with zero attached hydrogens (tertiary/aromatic N) is 3. The summed E-state index contributed by atoms with van der Waals surface area (Å²) >= 11 is 1.59. The summed E-state index contributed by atoms with van der Waals surface area (Å²) in [6.45, 7) is 5.30. The molecular formula is C26H23N3O3S. The number of fused-ring (bicyclic) bond motifs is 2. The molecule has 1 aromatic heterocycles. The molecule has 33 heavy (non-hydrogen) atoms. The first-order chi connectivity index (χ1) is 16.2. The molecule has 0 saturated carbocycles. The fraction of sp³-hybridized carbons (Fsp3) is 0.192. The lowest BCUT2D eigenvalue weighted by atomic mass is 10.1. The van der Waals surface area contributed by atoms with Gasteiger partial charge in [-0.2, -0.15) is 4.98 Å². The molecule has 0 aliphatic carbocycles. The first-order valence-corrected chi connectivity index (χ1v) is 11.8. The van der Waals surface area contributed by atoms with Crippen LogP contribution in [0, 0.1) is 0 Å². The fourth-order valence-corrected chi connectivity index (χ4v) is 4.95. The lowest BCUT2D eigenvalue weighted by Gasteiger charge is -2.22. The molecule has 4 aromatic rings. The average molecular weight is 458 g/mol. The number of hydrogen-bond acceptors (Lipinski definition) is 6. The zero-order chi connectivity index (χ0) is 22.8. The Kier molecular flexibility index (Phi) is 5.88. The monoisotopic (exact) mass is 457 g/mol. The second-order valence-electron chi connectivity index (χ2n) is 7.62. The lowest BCUT2D eigenvalue weighted by molar-refractivity contribution is 0.0984. The van der Waals surface area contributed by atoms with Crippen molar-refractivity contribution >= 4 is 23.4 Å². The second kappa shape index (κ2) is 9.11. The predicted molar refractivity (Wildman–Crippen MR) is 129 cm³/mol. The van der Waals surface area contributed by atoms with Crippen LogP contribution in [0.25, 0.3) is 22.8 Å². The number of aromatic nitrogens is 2. The minimum Gasteiger partial charge on any atom is -0.494 e. The molecule has 0 fully saturated rings. The molecule has 1 aliphatic heterocycles. The van der Waals surface area contributed by atoms with Crippen LogP contribution in [0.1, 0.15) is 30.6 Å². The molecule has 3 aromatic carbocycles. The SMILES string of the molecule is CCCN1C(=O)c2ccccc2Sc2cc(-c3noc(-c4ccc(OCC)cc4)n3)ccc21. The van der Waals surface area contributed by atoms with E-state index in [-0.39, 0.29) is 5.91 Å². The summed E-state index contributed by atoms with van der Waals surface area (Å²) in [6, 6.07) is 21.3. The summed E-state index contributed by atoms with van der Waals surface area (Å²) in [5, 5.41) is 4.20. The molecule has 0 N–H and O–H groups in total. The second-order valence-corrected chi connectivity index (χ2v) is 8.70. The Labute approximate surface area is 196 Å². The maximum atomic E-state index is 13.2. The Morgan fingerprint density at radius 1 is 0.970 bits per heavy atom. The van der Waals surface area contributed by atoms with E-state index in [1.807, 2.05) is 78.6 Å². The van der Waals surface area contributed by atoms with Gasteiger partial charge in [-0.05, 0) is 67.9 Å². The van der Waals surface area contributed by atoms with E-state index in [4.69, 9.17) is 9.26 Å². The maximum absolute atomic E-state index is 13.2. The van der Waals surface area contributed by atoms with Crippen LogP contribution in [0.3, 0.4) is 0 Å². The van der Waals surface area contributed by atoms with Crippen molar-refractivity contribution in [2.75, 3.05) is 18.1 Å². The largest absolute Gasteiger partial charge is 0.494 e. The summed E-state index contributed by atoms with van der Waals surface area (Å²) in [5.41, 5.74) is 3.30. The van der Waals surface area contributed by atoms with E-state index in [0.717, 1.165) is 44.3 Å². The van der Waals surface area contributed by atoms with E-state index in [9.17, 15) is 4.79 Å². The van der Waals surface area contributed by atoms with Crippen LogP contribution < -0.4 is 9.64 Å². The Hall–Kier alpha value is -3.58. The van der Waals surface area contributed by atoms with Crippen molar-refractivity contribution in [3.63, 3.8) is 0 Å². The van der Waals surface area contributed by atoms with Crippen LogP contribution >= 0.6 is 11.8 Å². The summed E-state index contributed by atoms with van der Waals surface area (Å²) in [7, 11) is 0. The third kappa shape index (κ3) is 4.12. The zero-order valence-corrected chi connectivity index (χ0v) is 19.3. The average Bonchev–Trinajstić information content (AvgIpc) is 3.30. The number of carbonyl (C=O) groups is 1. The highest BCUT2D eigenvalue weighted by Crippen LogP contribution is 2.43. The van der Waals surface area contributed by atoms with E-state index in [0.29, 0.717) is 24.9 Å². The van der Waals surface area contributed by atoms with Crippen molar-refractivity contribution in [3.8, 4) is 28.6 Å². The summed E-state index contributed by atoms with van der Waals surface area (Å²) in [5.74, 6) is 1.79. The smallest absolute Gasteiger partial charge is 0.259 e. The Morgan fingerprint density at radius 3 is 2.55 bits per heavy atom. The van der Waals surface area contributed by atoms with E-state index >= 15 is 0 Å². The van der Waals surface area contributed by atoms with Crippen molar-refractivity contribution < 1.29 is 14.1 Å². The number of amides is 1. The van der Waals surface area contributed by atoms with E-state index in [1.165, 1.54) is 0 Å². The molecule has 0 unspecified atom stereocenters. The predicted octanol–water partition coefficient (Wildman–Crippen LogP) is 6.32. The molecule has 1 aliphatic rings. The van der Waals surface area contributed by atoms with Crippen LogP contribution in [0.4, 0.5) is 5.69 Å². The summed E-state index contributed by atoms with van der Waals surface area (Å²) < 4.78 is 11.0. The Bertz CT molecular complexity index is 1300. The summed E-state index contributed by atoms with van der Waals surface area (Å²) in [6.07, 6.45) is 0.871. The van der Waals surface area contributed by atoms with Crippen LogP contribution in [0.15, 0.2) is 81.0 Å². The van der Waals surface area contributed by atoms with Gasteiger partial charge in [-0.1, -0.05) is 36.0 Å². The van der Waals surface area contributed by atoms with Crippen LogP contribution in [0.5, 0.6) is 5.75 Å². The molecule has 7 heteroatoms. The molecule has 0 atom stereocenters. The zero-order valence-electron chi connectivity index (χ0n) is 18.4. The fourth-order valence-electron chi connectivity index (χ4n) is 3.83. The number of rotatable bonds is 6. The van der Waals surface area contributed by atoms with Gasteiger partial charge < -0.3 is 14.2 Å². The Balaban J connectivity index is 1.50. The van der Waals surface area contributed by atoms with Crippen molar-refractivity contribution in [1.82, 2.24) is 10.1 Å². The van der Waals surface area contributed by atoms with E-state index in [1.54, 1.807) is 11.8 Å². The molecule has 0 radical (unpaired) electrons. The quantitative estimate of drug-likeness (QED) is 0.337. The van der Waals surface area contributed by atoms with Gasteiger partial charge in [-0.3, -0.25) is 4.79 Å². The molecule has 0 saturated heterocycles. The third-order valence-corrected chi connectivity index (χ3v) is 6.50. The molecule has 2 heterocycles. The first kappa shape index (κ1) is 21.3. The number of benzene rings is 3. The van der Waals surface area contributed by atoms with Crippen molar-refractivity contribution in [2.24, 2.45) is 0 Å². The molecule has 1 amide bonds. The van der Waals surface area contributed by atoms with Gasteiger partial charge in [0.1, 0.15) is 5.75 Å². The van der Waals surface area contributed by atoms with Gasteiger partial charge in [-0.25, -0.2) is 0 Å². The number of ether oxygens (including phenoxy) is 1. The number of carbonyl (C=O) groups excluding carboxylic acids is 1. The van der Waals surface area contributed by atoms with Crippen LogP contribution in [0.2, 0.25) is 0 Å². The molecule has 0 spiro atoms. The van der Waals surface area contributed by atoms with Gasteiger partial charge in [0.15, 0.2) is 0 Å². The van der Waals surface area contributed by atoms with Crippen molar-refractivity contribution in [2.45, 2.75) is 30.1 Å². The topological polar surface area (TPSA) is 68.5 Å². The standard InChI is InChI=1S/C26H23N3O3S/c1-3-15-29-21-14-11-18(16-23(21)33-22-8-6-5-7-20(22)26(29)30)24-27-25(32-28-24)17-9-12-19(13-10-17)31-4-2/h5-14,16H,3-4,15H2,1-2H3. The minimum atomic E-state index is 0.0313. The normalized spacial score (nSPS) is 12.8. The number of anilines is 1. The lowest BCUT2D eigenvalue weighted by Crippen LogP contribution is -2.31. The van der Waals surface area contributed by atoms with Gasteiger partial charge in [0.2, 0.25) is 5.82 Å². The van der Waals surface area contributed by atoms with Gasteiger partial charge in [-0.15, -0.1) is 0 Å². The van der Waals surface area contributed by atoms with Gasteiger partial charge >= 0.3 is 0 Å². The molecular weight excluding hydrogens is 434 g/mol. The van der Waals surface area contributed by atoms with E-state index in [2.05, 4.69) is 17.1 Å². The highest BCUT2D eigenvalue weighted by atomic mass is 32.2. The van der Waals surface area contributed by atoms with Gasteiger partial charge in [0.05, 0.1) is 17.9 Å². The van der Waals surface area contributed by atoms with E-state index < -0.39 is 0 Å². The molecule has 166 valence electrons. The van der Waals surface area contributed by atoms with Crippen molar-refractivity contribution in [3.05, 3.63) is 72.3 Å². The van der Waals surface area contributed by atoms with Gasteiger partial charge in [0, 0.05) is 27.5 Å². The maximum Gasteiger partial charge on any atom is 0.259 e. The van der Waals surface area contributed by atoms with Crippen molar-refractivity contribution in [1.29, 1.82) is 0 Å². The van der Waals surface area contributed by atoms with Crippen LogP contribution in [-0.4, -0.2) is 29.2 Å². The highest BCUT2D eigenvalue weighted by molar-refractivity contribution is 7.99. The Morgan fingerprint density at radius 2 is 1.76 bits per heavy atom. The highest BCUT2D eigenvalue weighted by Gasteiger charge is 2.27. The van der Waals surface area contributed by atoms with Gasteiger partial charge in [0.25, 0.3) is 11.8 Å². The molecule has 6 nitrogen and oxygen atoms in total. The molecule has 0 bridgehead atoms. The number of hydrogen-bond donors (Lipinski definition) is 0. The van der Waals surface area contributed by atoms with Crippen LogP contribution in [-0.2, 0) is 0 Å². The third-order valence-electron chi connectivity index (χ3n) is 5.38. The summed E-state index contributed by atoms with van der Waals surface area (Å²) in [4.78, 5) is 21.6. The molecule has 5 rings (SSSR count). The minimum absolute atomic E-state index is 0.0313.